The fourth-order valence-corrected chi connectivity index (χ4v) is 1.97. The number of hydrogen-bond donors (Lipinski definition) is 1. The Labute approximate surface area is 111 Å². The molecule has 2 N–H and O–H groups in total. The topological polar surface area (TPSA) is 55.0 Å². The van der Waals surface area contributed by atoms with E-state index in [9.17, 15) is 0 Å². The molecule has 1 aromatic rings. The molecule has 0 aliphatic carbocycles. The molecule has 0 amide bonds. The first kappa shape index (κ1) is 14.9. The summed E-state index contributed by atoms with van der Waals surface area (Å²) in [6, 6.07) is 0. The number of anilines is 1. The van der Waals surface area contributed by atoms with E-state index >= 15 is 0 Å². The Balaban J connectivity index is 3.02. The highest BCUT2D eigenvalue weighted by molar-refractivity contribution is 5.48. The van der Waals surface area contributed by atoms with E-state index in [1.54, 1.807) is 0 Å². The fourth-order valence-electron chi connectivity index (χ4n) is 1.97. The third-order valence-corrected chi connectivity index (χ3v) is 2.70. The molecule has 0 radical (unpaired) electrons. The summed E-state index contributed by atoms with van der Waals surface area (Å²) in [5.41, 5.74) is 8.01. The van der Waals surface area contributed by atoms with E-state index in [1.165, 1.54) is 0 Å². The largest absolute Gasteiger partial charge is 0.371 e. The molecule has 102 valence electrons. The first-order valence-corrected chi connectivity index (χ1v) is 6.51. The van der Waals surface area contributed by atoms with Crippen LogP contribution in [0.3, 0.4) is 0 Å². The van der Waals surface area contributed by atoms with E-state index in [4.69, 9.17) is 5.73 Å². The molecule has 0 saturated carbocycles. The lowest BCUT2D eigenvalue weighted by Crippen LogP contribution is -2.30. The third-order valence-electron chi connectivity index (χ3n) is 2.70. The minimum absolute atomic E-state index is 0.233. The lowest BCUT2D eigenvalue weighted by Gasteiger charge is -2.29. The third kappa shape index (κ3) is 3.95. The molecule has 0 aromatic carbocycles. The molecule has 0 fully saturated rings. The van der Waals surface area contributed by atoms with Gasteiger partial charge >= 0.3 is 0 Å². The molecule has 1 aromatic heterocycles. The van der Waals surface area contributed by atoms with Crippen LogP contribution >= 0.6 is 0 Å². The maximum absolute atomic E-state index is 5.80. The van der Waals surface area contributed by atoms with Gasteiger partial charge in [0.1, 0.15) is 5.82 Å². The Kier molecular flexibility index (Phi) is 4.68. The number of nitrogens with two attached hydrogens (primary N) is 1. The lowest BCUT2D eigenvalue weighted by atomic mass is 9.96. The van der Waals surface area contributed by atoms with Crippen molar-refractivity contribution in [3.8, 4) is 0 Å². The van der Waals surface area contributed by atoms with Crippen LogP contribution in [0.1, 0.15) is 52.1 Å². The first-order valence-electron chi connectivity index (χ1n) is 6.51. The van der Waals surface area contributed by atoms with Crippen LogP contribution < -0.4 is 10.6 Å². The maximum atomic E-state index is 5.80. The number of aromatic nitrogens is 2. The summed E-state index contributed by atoms with van der Waals surface area (Å²) in [4.78, 5) is 11.2. The van der Waals surface area contributed by atoms with E-state index in [1.807, 2.05) is 6.20 Å². The molecule has 0 aliphatic rings. The van der Waals surface area contributed by atoms with E-state index in [2.05, 4.69) is 56.5 Å². The summed E-state index contributed by atoms with van der Waals surface area (Å²) >= 11 is 0. The van der Waals surface area contributed by atoms with Crippen molar-refractivity contribution in [2.45, 2.75) is 47.1 Å². The average Bonchev–Trinajstić information content (AvgIpc) is 2.25. The van der Waals surface area contributed by atoms with Crippen molar-refractivity contribution in [2.75, 3.05) is 18.5 Å². The quantitative estimate of drug-likeness (QED) is 0.892. The summed E-state index contributed by atoms with van der Waals surface area (Å²) in [5, 5.41) is 0. The molecule has 18 heavy (non-hydrogen) atoms. The van der Waals surface area contributed by atoms with Crippen molar-refractivity contribution in [2.24, 2.45) is 11.1 Å². The number of rotatable bonds is 4. The normalized spacial score (nSPS) is 12.0. The van der Waals surface area contributed by atoms with Crippen LogP contribution in [-0.4, -0.2) is 23.6 Å². The Morgan fingerprint density at radius 3 is 2.39 bits per heavy atom. The Hall–Kier alpha value is -1.16. The van der Waals surface area contributed by atoms with Crippen molar-refractivity contribution >= 4 is 5.69 Å². The summed E-state index contributed by atoms with van der Waals surface area (Å²) in [7, 11) is 2.07. The van der Waals surface area contributed by atoms with Gasteiger partial charge in [-0.2, -0.15) is 0 Å². The van der Waals surface area contributed by atoms with Crippen LogP contribution in [0.25, 0.3) is 0 Å². The zero-order chi connectivity index (χ0) is 13.9. The minimum Gasteiger partial charge on any atom is -0.371 e. The highest BCUT2D eigenvalue weighted by Crippen LogP contribution is 2.23. The van der Waals surface area contributed by atoms with Crippen LogP contribution in [-0.2, 0) is 6.54 Å². The monoisotopic (exact) mass is 250 g/mol. The molecule has 0 atom stereocenters. The molecule has 1 rings (SSSR count). The summed E-state index contributed by atoms with van der Waals surface area (Å²) in [6.07, 6.45) is 1.90. The second-order valence-electron chi connectivity index (χ2n) is 6.34. The van der Waals surface area contributed by atoms with E-state index in [0.717, 1.165) is 23.8 Å². The van der Waals surface area contributed by atoms with Gasteiger partial charge < -0.3 is 10.6 Å². The smallest absolute Gasteiger partial charge is 0.131 e. The van der Waals surface area contributed by atoms with Crippen LogP contribution in [0, 0.1) is 5.41 Å². The van der Waals surface area contributed by atoms with Gasteiger partial charge in [-0.3, -0.25) is 0 Å². The molecule has 0 spiro atoms. The fraction of sp³-hybridized carbons (Fsp3) is 0.714. The summed E-state index contributed by atoms with van der Waals surface area (Å²) in [5.74, 6) is 1.20. The van der Waals surface area contributed by atoms with Gasteiger partial charge in [0, 0.05) is 26.1 Å². The molecule has 4 nitrogen and oxygen atoms in total. The van der Waals surface area contributed by atoms with Crippen molar-refractivity contribution in [1.29, 1.82) is 0 Å². The Morgan fingerprint density at radius 2 is 1.94 bits per heavy atom. The average molecular weight is 250 g/mol. The van der Waals surface area contributed by atoms with Crippen LogP contribution in [0.4, 0.5) is 5.69 Å². The highest BCUT2D eigenvalue weighted by atomic mass is 15.1. The second kappa shape index (κ2) is 5.65. The van der Waals surface area contributed by atoms with Crippen LogP contribution in [0.5, 0.6) is 0 Å². The molecule has 0 bridgehead atoms. The van der Waals surface area contributed by atoms with E-state index in [0.29, 0.717) is 12.5 Å². The zero-order valence-electron chi connectivity index (χ0n) is 12.5. The standard InChI is InChI=1S/C14H26N4/c1-10(2)13-16-8-12(11(7-15)17-13)18(6)9-14(3,4)5/h8,10H,7,9,15H2,1-6H3. The van der Waals surface area contributed by atoms with Gasteiger partial charge in [0.15, 0.2) is 0 Å². The maximum Gasteiger partial charge on any atom is 0.131 e. The van der Waals surface area contributed by atoms with Gasteiger partial charge in [0.25, 0.3) is 0 Å². The first-order chi connectivity index (χ1) is 8.24. The molecule has 0 aliphatic heterocycles. The van der Waals surface area contributed by atoms with E-state index in [-0.39, 0.29) is 5.41 Å². The van der Waals surface area contributed by atoms with Gasteiger partial charge in [-0.1, -0.05) is 34.6 Å². The zero-order valence-corrected chi connectivity index (χ0v) is 12.5. The molecular weight excluding hydrogens is 224 g/mol. The van der Waals surface area contributed by atoms with Crippen LogP contribution in [0.2, 0.25) is 0 Å². The minimum atomic E-state index is 0.233. The predicted octanol–water partition coefficient (Wildman–Crippen LogP) is 2.54. The molecule has 0 unspecified atom stereocenters. The predicted molar refractivity (Wildman–Crippen MR) is 76.7 cm³/mol. The Morgan fingerprint density at radius 1 is 1.33 bits per heavy atom. The number of nitrogens with zero attached hydrogens (tertiary/aromatic N) is 3. The van der Waals surface area contributed by atoms with Gasteiger partial charge in [0.2, 0.25) is 0 Å². The molecule has 1 heterocycles. The summed E-state index contributed by atoms with van der Waals surface area (Å²) < 4.78 is 0. The molecule has 0 saturated heterocycles. The SMILES string of the molecule is CC(C)c1ncc(N(C)CC(C)(C)C)c(CN)n1. The van der Waals surface area contributed by atoms with Gasteiger partial charge in [-0.15, -0.1) is 0 Å². The number of hydrogen-bond acceptors (Lipinski definition) is 4. The van der Waals surface area contributed by atoms with Gasteiger partial charge in [0.05, 0.1) is 17.6 Å². The highest BCUT2D eigenvalue weighted by Gasteiger charge is 2.17. The van der Waals surface area contributed by atoms with Gasteiger partial charge in [-0.05, 0) is 5.41 Å². The van der Waals surface area contributed by atoms with Crippen molar-refractivity contribution in [3.05, 3.63) is 17.7 Å². The lowest BCUT2D eigenvalue weighted by molar-refractivity contribution is 0.418. The second-order valence-corrected chi connectivity index (χ2v) is 6.34. The summed E-state index contributed by atoms with van der Waals surface area (Å²) in [6.45, 7) is 12.2. The molecule has 4 heteroatoms. The van der Waals surface area contributed by atoms with E-state index < -0.39 is 0 Å². The Bertz CT molecular complexity index is 393. The molecular formula is C14H26N4. The van der Waals surface area contributed by atoms with Gasteiger partial charge in [-0.25, -0.2) is 9.97 Å². The van der Waals surface area contributed by atoms with Crippen LogP contribution in [0.15, 0.2) is 6.20 Å². The van der Waals surface area contributed by atoms with Crippen molar-refractivity contribution in [3.63, 3.8) is 0 Å². The van der Waals surface area contributed by atoms with Crippen molar-refractivity contribution in [1.82, 2.24) is 9.97 Å². The van der Waals surface area contributed by atoms with Crippen molar-refractivity contribution < 1.29 is 0 Å².